The van der Waals surface area contributed by atoms with Crippen molar-refractivity contribution in [2.45, 2.75) is 26.4 Å². The number of piperidine rings is 1. The maximum atomic E-state index is 12.6. The fourth-order valence-corrected chi connectivity index (χ4v) is 2.60. The van der Waals surface area contributed by atoms with Gasteiger partial charge in [-0.1, -0.05) is 6.92 Å². The Labute approximate surface area is 137 Å². The molecule has 0 spiro atoms. The molecule has 1 saturated heterocycles. The van der Waals surface area contributed by atoms with Crippen LogP contribution in [0.4, 0.5) is 14.5 Å². The number of halogens is 2. The number of hydrogen-bond donors (Lipinski definition) is 0. The van der Waals surface area contributed by atoms with E-state index in [4.69, 9.17) is 4.74 Å². The first-order valence-corrected chi connectivity index (χ1v) is 7.44. The summed E-state index contributed by atoms with van der Waals surface area (Å²) in [6.07, 6.45) is 1.62. The summed E-state index contributed by atoms with van der Waals surface area (Å²) in [5, 5.41) is 11.2. The van der Waals surface area contributed by atoms with Gasteiger partial charge in [-0.05, 0) is 18.8 Å². The molecular formula is C15H18F2N2O5. The number of ether oxygens (including phenoxy) is 2. The molecule has 0 aliphatic carbocycles. The minimum Gasteiger partial charge on any atom is -0.493 e. The van der Waals surface area contributed by atoms with Crippen LogP contribution < -0.4 is 9.47 Å². The molecule has 1 amide bonds. The molecule has 0 atom stereocenters. The maximum Gasteiger partial charge on any atom is 0.387 e. The number of alkyl halides is 2. The van der Waals surface area contributed by atoms with E-state index >= 15 is 0 Å². The number of amides is 1. The molecule has 0 aromatic heterocycles. The predicted octanol–water partition coefficient (Wildman–Crippen LogP) is 3.08. The monoisotopic (exact) mass is 344 g/mol. The zero-order chi connectivity index (χ0) is 17.9. The second-order valence-electron chi connectivity index (χ2n) is 5.63. The number of rotatable bonds is 5. The predicted molar refractivity (Wildman–Crippen MR) is 80.6 cm³/mol. The van der Waals surface area contributed by atoms with Crippen molar-refractivity contribution in [1.82, 2.24) is 4.90 Å². The Hall–Kier alpha value is -2.45. The number of nitro groups is 1. The van der Waals surface area contributed by atoms with Crippen molar-refractivity contribution in [3.8, 4) is 11.5 Å². The highest BCUT2D eigenvalue weighted by atomic mass is 19.3. The van der Waals surface area contributed by atoms with Gasteiger partial charge in [-0.25, -0.2) is 0 Å². The molecule has 132 valence electrons. The lowest BCUT2D eigenvalue weighted by Crippen LogP contribution is -2.38. The summed E-state index contributed by atoms with van der Waals surface area (Å²) in [6, 6.07) is 1.88. The molecule has 0 bridgehead atoms. The highest BCUT2D eigenvalue weighted by Gasteiger charge is 2.30. The Bertz CT molecular complexity index is 631. The fraction of sp³-hybridized carbons (Fsp3) is 0.533. The second-order valence-corrected chi connectivity index (χ2v) is 5.63. The van der Waals surface area contributed by atoms with Gasteiger partial charge in [0.15, 0.2) is 11.5 Å². The van der Waals surface area contributed by atoms with Gasteiger partial charge >= 0.3 is 6.61 Å². The third kappa shape index (κ3) is 3.90. The first-order valence-electron chi connectivity index (χ1n) is 7.44. The average Bonchev–Trinajstić information content (AvgIpc) is 2.54. The summed E-state index contributed by atoms with van der Waals surface area (Å²) in [5.41, 5.74) is -0.789. The van der Waals surface area contributed by atoms with E-state index in [1.54, 1.807) is 0 Å². The highest BCUT2D eigenvalue weighted by Crippen LogP contribution is 2.36. The molecule has 0 unspecified atom stereocenters. The van der Waals surface area contributed by atoms with Gasteiger partial charge in [-0.15, -0.1) is 0 Å². The van der Waals surface area contributed by atoms with Crippen molar-refractivity contribution in [3.05, 3.63) is 27.8 Å². The maximum absolute atomic E-state index is 12.6. The van der Waals surface area contributed by atoms with Crippen LogP contribution in [0.5, 0.6) is 11.5 Å². The lowest BCUT2D eigenvalue weighted by molar-refractivity contribution is -0.385. The van der Waals surface area contributed by atoms with Crippen LogP contribution in [0, 0.1) is 16.0 Å². The van der Waals surface area contributed by atoms with Gasteiger partial charge < -0.3 is 14.4 Å². The van der Waals surface area contributed by atoms with Gasteiger partial charge in [-0.2, -0.15) is 8.78 Å². The highest BCUT2D eigenvalue weighted by molar-refractivity contribution is 5.99. The molecule has 0 radical (unpaired) electrons. The SMILES string of the molecule is COc1cc(C(=O)N2CCC(C)CC2)c([N+](=O)[O-])cc1OC(F)F. The molecule has 0 N–H and O–H groups in total. The molecule has 1 aliphatic heterocycles. The van der Waals surface area contributed by atoms with E-state index in [9.17, 15) is 23.7 Å². The Morgan fingerprint density at radius 2 is 1.96 bits per heavy atom. The summed E-state index contributed by atoms with van der Waals surface area (Å²) in [5.74, 6) is -0.673. The zero-order valence-electron chi connectivity index (χ0n) is 13.3. The first kappa shape index (κ1) is 17.9. The average molecular weight is 344 g/mol. The number of likely N-dealkylation sites (tertiary alicyclic amines) is 1. The Morgan fingerprint density at radius 3 is 2.46 bits per heavy atom. The number of carbonyl (C=O) groups excluding carboxylic acids is 1. The van der Waals surface area contributed by atoms with E-state index in [1.807, 2.05) is 0 Å². The summed E-state index contributed by atoms with van der Waals surface area (Å²) in [7, 11) is 1.20. The zero-order valence-corrected chi connectivity index (χ0v) is 13.3. The molecule has 7 nitrogen and oxygen atoms in total. The van der Waals surface area contributed by atoms with Gasteiger partial charge in [-0.3, -0.25) is 14.9 Å². The minimum atomic E-state index is -3.16. The van der Waals surface area contributed by atoms with Gasteiger partial charge in [0.25, 0.3) is 11.6 Å². The Kier molecular flexibility index (Phi) is 5.53. The van der Waals surface area contributed by atoms with Gasteiger partial charge in [0.2, 0.25) is 0 Å². The largest absolute Gasteiger partial charge is 0.493 e. The summed E-state index contributed by atoms with van der Waals surface area (Å²) in [6.45, 7) is -0.101. The smallest absolute Gasteiger partial charge is 0.387 e. The molecule has 1 aromatic rings. The lowest BCUT2D eigenvalue weighted by Gasteiger charge is -2.30. The first-order chi connectivity index (χ1) is 11.3. The topological polar surface area (TPSA) is 81.9 Å². The number of carbonyl (C=O) groups is 1. The van der Waals surface area contributed by atoms with Crippen LogP contribution in [-0.4, -0.2) is 42.5 Å². The molecule has 1 fully saturated rings. The molecule has 1 heterocycles. The van der Waals surface area contributed by atoms with E-state index in [2.05, 4.69) is 11.7 Å². The quantitative estimate of drug-likeness (QED) is 0.605. The Balaban J connectivity index is 2.40. The van der Waals surface area contributed by atoms with Gasteiger partial charge in [0, 0.05) is 19.2 Å². The minimum absolute atomic E-state index is 0.158. The molecule has 2 rings (SSSR count). The third-order valence-electron chi connectivity index (χ3n) is 4.00. The molecule has 0 saturated carbocycles. The molecule has 1 aliphatic rings. The van der Waals surface area contributed by atoms with Crippen molar-refractivity contribution >= 4 is 11.6 Å². The summed E-state index contributed by atoms with van der Waals surface area (Å²) >= 11 is 0. The van der Waals surface area contributed by atoms with Crippen molar-refractivity contribution in [1.29, 1.82) is 0 Å². The molecule has 24 heavy (non-hydrogen) atoms. The third-order valence-corrected chi connectivity index (χ3v) is 4.00. The lowest BCUT2D eigenvalue weighted by atomic mass is 9.98. The van der Waals surface area contributed by atoms with Crippen LogP contribution in [0.2, 0.25) is 0 Å². The molecular weight excluding hydrogens is 326 g/mol. The van der Waals surface area contributed by atoms with Crippen molar-refractivity contribution in [3.63, 3.8) is 0 Å². The van der Waals surface area contributed by atoms with Crippen molar-refractivity contribution in [2.75, 3.05) is 20.2 Å². The summed E-state index contributed by atoms with van der Waals surface area (Å²) in [4.78, 5) is 24.6. The number of nitrogens with zero attached hydrogens (tertiary/aromatic N) is 2. The van der Waals surface area contributed by atoms with Crippen LogP contribution in [0.1, 0.15) is 30.1 Å². The van der Waals surface area contributed by atoms with Crippen LogP contribution in [0.25, 0.3) is 0 Å². The summed E-state index contributed by atoms with van der Waals surface area (Å²) < 4.78 is 34.0. The van der Waals surface area contributed by atoms with Crippen LogP contribution >= 0.6 is 0 Å². The van der Waals surface area contributed by atoms with Gasteiger partial charge in [0.05, 0.1) is 18.1 Å². The van der Waals surface area contributed by atoms with E-state index in [0.717, 1.165) is 25.0 Å². The standard InChI is InChI=1S/C15H18F2N2O5/c1-9-3-5-18(6-4-9)14(20)10-7-12(23-2)13(24-15(16)17)8-11(10)19(21)22/h7-9,15H,3-6H2,1-2H3. The number of hydrogen-bond acceptors (Lipinski definition) is 5. The van der Waals surface area contributed by atoms with Crippen molar-refractivity contribution in [2.24, 2.45) is 5.92 Å². The van der Waals surface area contributed by atoms with Crippen LogP contribution in [0.3, 0.4) is 0 Å². The molecule has 1 aromatic carbocycles. The van der Waals surface area contributed by atoms with Crippen LogP contribution in [0.15, 0.2) is 12.1 Å². The second kappa shape index (κ2) is 7.41. The number of methoxy groups -OCH3 is 1. The number of nitro benzene ring substituents is 1. The van der Waals surface area contributed by atoms with Gasteiger partial charge in [0.1, 0.15) is 5.56 Å². The number of benzene rings is 1. The fourth-order valence-electron chi connectivity index (χ4n) is 2.60. The van der Waals surface area contributed by atoms with Crippen LogP contribution in [-0.2, 0) is 0 Å². The molecule has 9 heteroatoms. The van der Waals surface area contributed by atoms with E-state index in [-0.39, 0.29) is 11.3 Å². The van der Waals surface area contributed by atoms with Crippen molar-refractivity contribution < 1.29 is 28.0 Å². The van der Waals surface area contributed by atoms with E-state index in [1.165, 1.54) is 12.0 Å². The normalized spacial score (nSPS) is 15.5. The Morgan fingerprint density at radius 1 is 1.33 bits per heavy atom. The van der Waals surface area contributed by atoms with E-state index < -0.39 is 28.9 Å². The van der Waals surface area contributed by atoms with E-state index in [0.29, 0.717) is 19.0 Å².